The summed E-state index contributed by atoms with van der Waals surface area (Å²) in [7, 11) is 0. The van der Waals surface area contributed by atoms with Crippen molar-refractivity contribution in [3.63, 3.8) is 0 Å². The van der Waals surface area contributed by atoms with Gasteiger partial charge in [0.2, 0.25) is 0 Å². The van der Waals surface area contributed by atoms with Crippen LogP contribution >= 0.6 is 0 Å². The molecular formula is C23H29NO3. The predicted molar refractivity (Wildman–Crippen MR) is 107 cm³/mol. The number of likely N-dealkylation sites (tertiary alicyclic amines) is 1. The van der Waals surface area contributed by atoms with Gasteiger partial charge in [0.05, 0.1) is 11.2 Å². The van der Waals surface area contributed by atoms with E-state index in [4.69, 9.17) is 0 Å². The number of rotatable bonds is 4. The Balaban J connectivity index is 1.65. The number of hydrogen-bond donors (Lipinski definition) is 2. The van der Waals surface area contributed by atoms with Crippen LogP contribution < -0.4 is 0 Å². The number of amides is 1. The van der Waals surface area contributed by atoms with Crippen molar-refractivity contribution in [3.05, 3.63) is 64.7 Å². The Bertz CT molecular complexity index is 820. The molecule has 2 N–H and O–H groups in total. The summed E-state index contributed by atoms with van der Waals surface area (Å²) in [6, 6.07) is 13.5. The Hall–Kier alpha value is -2.33. The maximum atomic E-state index is 12.8. The minimum Gasteiger partial charge on any atom is -0.507 e. The number of aryl methyl sites for hydroxylation is 1. The molecule has 2 aromatic carbocycles. The lowest BCUT2D eigenvalue weighted by atomic mass is 9.85. The summed E-state index contributed by atoms with van der Waals surface area (Å²) in [6.07, 6.45) is 1.68. The minimum absolute atomic E-state index is 0.0341. The van der Waals surface area contributed by atoms with Crippen molar-refractivity contribution >= 4 is 5.91 Å². The Kier molecular flexibility index (Phi) is 5.56. The number of carbonyl (C=O) groups excluding carboxylic acids is 1. The van der Waals surface area contributed by atoms with Crippen LogP contribution in [0.5, 0.6) is 5.75 Å². The predicted octanol–water partition coefficient (Wildman–Crippen LogP) is 4.03. The molecule has 0 aliphatic carbocycles. The highest BCUT2D eigenvalue weighted by atomic mass is 16.3. The zero-order valence-electron chi connectivity index (χ0n) is 16.4. The number of phenols is 1. The number of nitrogens with zero attached hydrogens (tertiary/aromatic N) is 1. The summed E-state index contributed by atoms with van der Waals surface area (Å²) in [4.78, 5) is 14.5. The maximum absolute atomic E-state index is 12.8. The monoisotopic (exact) mass is 367 g/mol. The van der Waals surface area contributed by atoms with E-state index in [1.54, 1.807) is 17.0 Å². The Morgan fingerprint density at radius 1 is 1.15 bits per heavy atom. The Labute approximate surface area is 161 Å². The average molecular weight is 367 g/mol. The van der Waals surface area contributed by atoms with Crippen LogP contribution in [0.1, 0.15) is 59.7 Å². The van der Waals surface area contributed by atoms with Crippen molar-refractivity contribution in [2.24, 2.45) is 0 Å². The lowest BCUT2D eigenvalue weighted by Crippen LogP contribution is -2.47. The zero-order valence-corrected chi connectivity index (χ0v) is 16.4. The fourth-order valence-electron chi connectivity index (χ4n) is 3.76. The molecule has 0 aromatic heterocycles. The normalized spacial score (nSPS) is 16.6. The molecule has 0 spiro atoms. The Morgan fingerprint density at radius 3 is 2.44 bits per heavy atom. The molecule has 1 saturated heterocycles. The minimum atomic E-state index is -0.784. The Morgan fingerprint density at radius 2 is 1.85 bits per heavy atom. The SMILES string of the molecule is Cc1cccc(CC2(O)CCN(C(=O)c3ccc(C(C)C)cc3O)CC2)c1. The molecule has 1 heterocycles. The summed E-state index contributed by atoms with van der Waals surface area (Å²) >= 11 is 0. The van der Waals surface area contributed by atoms with E-state index < -0.39 is 5.60 Å². The molecule has 1 aliphatic heterocycles. The van der Waals surface area contributed by atoms with E-state index in [0.29, 0.717) is 43.8 Å². The molecule has 0 bridgehead atoms. The van der Waals surface area contributed by atoms with Gasteiger partial charge in [0.25, 0.3) is 5.91 Å². The van der Waals surface area contributed by atoms with Crippen molar-refractivity contribution in [2.45, 2.75) is 51.6 Å². The van der Waals surface area contributed by atoms with Crippen LogP contribution in [-0.2, 0) is 6.42 Å². The molecule has 0 saturated carbocycles. The van der Waals surface area contributed by atoms with Crippen LogP contribution in [0.25, 0.3) is 0 Å². The van der Waals surface area contributed by atoms with Gasteiger partial charge in [-0.1, -0.05) is 49.7 Å². The van der Waals surface area contributed by atoms with Gasteiger partial charge in [-0.2, -0.15) is 0 Å². The van der Waals surface area contributed by atoms with Gasteiger partial charge >= 0.3 is 0 Å². The molecular weight excluding hydrogens is 338 g/mol. The molecule has 4 nitrogen and oxygen atoms in total. The van der Waals surface area contributed by atoms with E-state index in [1.165, 1.54) is 5.56 Å². The summed E-state index contributed by atoms with van der Waals surface area (Å²) in [6.45, 7) is 7.14. The molecule has 1 amide bonds. The number of carbonyl (C=O) groups is 1. The third-order valence-corrected chi connectivity index (χ3v) is 5.52. The average Bonchev–Trinajstić information content (AvgIpc) is 2.61. The lowest BCUT2D eigenvalue weighted by molar-refractivity contribution is -0.0162. The van der Waals surface area contributed by atoms with Crippen molar-refractivity contribution < 1.29 is 15.0 Å². The number of benzene rings is 2. The zero-order chi connectivity index (χ0) is 19.6. The molecule has 27 heavy (non-hydrogen) atoms. The molecule has 1 aliphatic rings. The summed E-state index contributed by atoms with van der Waals surface area (Å²) in [5.74, 6) is 0.166. The van der Waals surface area contributed by atoms with Crippen molar-refractivity contribution in [1.82, 2.24) is 4.90 Å². The van der Waals surface area contributed by atoms with Crippen LogP contribution in [0.4, 0.5) is 0 Å². The molecule has 0 unspecified atom stereocenters. The molecule has 0 atom stereocenters. The molecule has 0 radical (unpaired) electrons. The van der Waals surface area contributed by atoms with Crippen molar-refractivity contribution in [1.29, 1.82) is 0 Å². The molecule has 2 aromatic rings. The van der Waals surface area contributed by atoms with Crippen LogP contribution in [0.2, 0.25) is 0 Å². The second kappa shape index (κ2) is 7.73. The topological polar surface area (TPSA) is 60.8 Å². The van der Waals surface area contributed by atoms with Crippen LogP contribution in [0, 0.1) is 6.92 Å². The van der Waals surface area contributed by atoms with Gasteiger partial charge < -0.3 is 15.1 Å². The van der Waals surface area contributed by atoms with Gasteiger partial charge in [-0.05, 0) is 48.9 Å². The van der Waals surface area contributed by atoms with E-state index in [1.807, 2.05) is 31.2 Å². The third-order valence-electron chi connectivity index (χ3n) is 5.52. The highest BCUT2D eigenvalue weighted by Gasteiger charge is 2.34. The van der Waals surface area contributed by atoms with Crippen LogP contribution in [0.3, 0.4) is 0 Å². The van der Waals surface area contributed by atoms with Crippen LogP contribution in [-0.4, -0.2) is 39.7 Å². The van der Waals surface area contributed by atoms with Crippen LogP contribution in [0.15, 0.2) is 42.5 Å². The molecule has 144 valence electrons. The van der Waals surface area contributed by atoms with Gasteiger partial charge in [-0.3, -0.25) is 4.79 Å². The second-order valence-corrected chi connectivity index (χ2v) is 8.11. The number of hydrogen-bond acceptors (Lipinski definition) is 3. The van der Waals surface area contributed by atoms with E-state index in [-0.39, 0.29) is 11.7 Å². The first-order valence-corrected chi connectivity index (χ1v) is 9.67. The van der Waals surface area contributed by atoms with Gasteiger partial charge in [0, 0.05) is 19.5 Å². The summed E-state index contributed by atoms with van der Waals surface area (Å²) < 4.78 is 0. The van der Waals surface area contributed by atoms with E-state index >= 15 is 0 Å². The van der Waals surface area contributed by atoms with Gasteiger partial charge in [0.1, 0.15) is 5.75 Å². The molecule has 4 heteroatoms. The number of aliphatic hydroxyl groups is 1. The summed E-state index contributed by atoms with van der Waals surface area (Å²) in [5.41, 5.74) is 2.87. The molecule has 1 fully saturated rings. The second-order valence-electron chi connectivity index (χ2n) is 8.11. The number of piperidine rings is 1. The van der Waals surface area contributed by atoms with Crippen molar-refractivity contribution in [3.8, 4) is 5.75 Å². The highest BCUT2D eigenvalue weighted by molar-refractivity contribution is 5.97. The smallest absolute Gasteiger partial charge is 0.257 e. The lowest BCUT2D eigenvalue weighted by Gasteiger charge is -2.38. The highest BCUT2D eigenvalue weighted by Crippen LogP contribution is 2.30. The number of phenolic OH excluding ortho intramolecular Hbond substituents is 1. The largest absolute Gasteiger partial charge is 0.507 e. The first-order valence-electron chi connectivity index (χ1n) is 9.67. The van der Waals surface area contributed by atoms with E-state index in [2.05, 4.69) is 19.9 Å². The molecule has 3 rings (SSSR count). The first-order chi connectivity index (χ1) is 12.8. The van der Waals surface area contributed by atoms with E-state index in [9.17, 15) is 15.0 Å². The number of aromatic hydroxyl groups is 1. The van der Waals surface area contributed by atoms with Gasteiger partial charge in [-0.25, -0.2) is 0 Å². The fraction of sp³-hybridized carbons (Fsp3) is 0.435. The van der Waals surface area contributed by atoms with E-state index in [0.717, 1.165) is 11.1 Å². The summed E-state index contributed by atoms with van der Waals surface area (Å²) in [5, 5.41) is 21.2. The fourth-order valence-corrected chi connectivity index (χ4v) is 3.76. The van der Waals surface area contributed by atoms with Gasteiger partial charge in [-0.15, -0.1) is 0 Å². The van der Waals surface area contributed by atoms with Gasteiger partial charge in [0.15, 0.2) is 0 Å². The maximum Gasteiger partial charge on any atom is 0.257 e. The van der Waals surface area contributed by atoms with Crippen molar-refractivity contribution in [2.75, 3.05) is 13.1 Å². The standard InChI is InChI=1S/C23H29NO3/c1-16(2)19-7-8-20(21(25)14-19)22(26)24-11-9-23(27,10-12-24)15-18-6-4-5-17(3)13-18/h4-8,13-14,16,25,27H,9-12,15H2,1-3H3. The first kappa shape index (κ1) is 19.4. The third kappa shape index (κ3) is 4.51. The quantitative estimate of drug-likeness (QED) is 0.857.